The molecule has 1 N–H and O–H groups in total. The first-order chi connectivity index (χ1) is 11.6. The maximum absolute atomic E-state index is 12.5. The van der Waals surface area contributed by atoms with E-state index >= 15 is 0 Å². The van der Waals surface area contributed by atoms with E-state index in [4.69, 9.17) is 9.47 Å². The molecule has 1 heterocycles. The first kappa shape index (κ1) is 18.0. The van der Waals surface area contributed by atoms with Crippen LogP contribution in [0.2, 0.25) is 0 Å². The fourth-order valence-electron chi connectivity index (χ4n) is 3.09. The Kier molecular flexibility index (Phi) is 6.35. The molecule has 130 valence electrons. The monoisotopic (exact) mass is 333 g/mol. The average molecular weight is 333 g/mol. The standard InChI is InChI=1S/C18H23NO5/c1-3-23-17(21)16(18(22)24-4-2)15(12-8-6-5-7-9-12)13-10-11-14(20)19-13/h5-9,13,15-16H,3-4,10-11H2,1-2H3,(H,19,20). The van der Waals surface area contributed by atoms with Crippen LogP contribution in [0.25, 0.3) is 0 Å². The number of hydrogen-bond donors (Lipinski definition) is 1. The smallest absolute Gasteiger partial charge is 0.321 e. The van der Waals surface area contributed by atoms with Gasteiger partial charge in [0.25, 0.3) is 0 Å². The van der Waals surface area contributed by atoms with Crippen LogP contribution >= 0.6 is 0 Å². The molecule has 0 spiro atoms. The first-order valence-electron chi connectivity index (χ1n) is 8.26. The molecule has 1 aromatic carbocycles. The predicted octanol–water partition coefficient (Wildman–Crippen LogP) is 1.79. The van der Waals surface area contributed by atoms with Gasteiger partial charge < -0.3 is 14.8 Å². The van der Waals surface area contributed by atoms with Gasteiger partial charge in [0.05, 0.1) is 13.2 Å². The number of hydrogen-bond acceptors (Lipinski definition) is 5. The van der Waals surface area contributed by atoms with E-state index in [1.165, 1.54) is 0 Å². The highest BCUT2D eigenvalue weighted by Gasteiger charge is 2.44. The third kappa shape index (κ3) is 4.13. The summed E-state index contributed by atoms with van der Waals surface area (Å²) >= 11 is 0. The van der Waals surface area contributed by atoms with Gasteiger partial charge >= 0.3 is 11.9 Å². The quantitative estimate of drug-likeness (QED) is 0.608. The fourth-order valence-corrected chi connectivity index (χ4v) is 3.09. The molecule has 0 aliphatic carbocycles. The van der Waals surface area contributed by atoms with Crippen LogP contribution in [0.1, 0.15) is 38.2 Å². The molecule has 1 aromatic rings. The second-order valence-corrected chi connectivity index (χ2v) is 5.63. The molecule has 1 saturated heterocycles. The van der Waals surface area contributed by atoms with E-state index in [0.717, 1.165) is 5.56 Å². The molecule has 1 aliphatic heterocycles. The molecule has 0 bridgehead atoms. The lowest BCUT2D eigenvalue weighted by molar-refractivity contribution is -0.163. The normalized spacial score (nSPS) is 18.1. The number of carbonyl (C=O) groups excluding carboxylic acids is 3. The van der Waals surface area contributed by atoms with Gasteiger partial charge in [0.1, 0.15) is 0 Å². The predicted molar refractivity (Wildman–Crippen MR) is 87.1 cm³/mol. The molecule has 0 aromatic heterocycles. The minimum absolute atomic E-state index is 0.0765. The van der Waals surface area contributed by atoms with E-state index in [2.05, 4.69) is 5.32 Å². The highest BCUT2D eigenvalue weighted by Crippen LogP contribution is 2.34. The zero-order chi connectivity index (χ0) is 17.5. The summed E-state index contributed by atoms with van der Waals surface area (Å²) in [5.41, 5.74) is 0.802. The molecule has 6 nitrogen and oxygen atoms in total. The van der Waals surface area contributed by atoms with E-state index in [1.54, 1.807) is 13.8 Å². The molecule has 2 unspecified atom stereocenters. The summed E-state index contributed by atoms with van der Waals surface area (Å²) in [6.07, 6.45) is 0.945. The first-order valence-corrected chi connectivity index (χ1v) is 8.26. The van der Waals surface area contributed by atoms with Crippen molar-refractivity contribution in [3.63, 3.8) is 0 Å². The van der Waals surface area contributed by atoms with Crippen LogP contribution in [-0.4, -0.2) is 37.1 Å². The highest BCUT2D eigenvalue weighted by molar-refractivity contribution is 5.96. The van der Waals surface area contributed by atoms with Crippen LogP contribution in [0.3, 0.4) is 0 Å². The van der Waals surface area contributed by atoms with Crippen molar-refractivity contribution in [2.45, 2.75) is 38.6 Å². The topological polar surface area (TPSA) is 81.7 Å². The lowest BCUT2D eigenvalue weighted by atomic mass is 9.79. The van der Waals surface area contributed by atoms with Gasteiger partial charge in [0.2, 0.25) is 5.91 Å². The Hall–Kier alpha value is -2.37. The molecule has 1 fully saturated rings. The second kappa shape index (κ2) is 8.47. The Morgan fingerprint density at radius 3 is 2.17 bits per heavy atom. The van der Waals surface area contributed by atoms with Crippen LogP contribution in [0.15, 0.2) is 30.3 Å². The van der Waals surface area contributed by atoms with Crippen molar-refractivity contribution >= 4 is 17.8 Å². The largest absolute Gasteiger partial charge is 0.465 e. The van der Waals surface area contributed by atoms with Crippen molar-refractivity contribution in [3.05, 3.63) is 35.9 Å². The van der Waals surface area contributed by atoms with E-state index < -0.39 is 23.8 Å². The van der Waals surface area contributed by atoms with Crippen molar-refractivity contribution < 1.29 is 23.9 Å². The summed E-state index contributed by atoms with van der Waals surface area (Å²) in [5.74, 6) is -2.93. The molecular weight excluding hydrogens is 310 g/mol. The maximum Gasteiger partial charge on any atom is 0.321 e. The summed E-state index contributed by atoms with van der Waals surface area (Å²) in [4.78, 5) is 36.6. The van der Waals surface area contributed by atoms with Gasteiger partial charge in [-0.3, -0.25) is 14.4 Å². The van der Waals surface area contributed by atoms with E-state index in [1.807, 2.05) is 30.3 Å². The van der Waals surface area contributed by atoms with Crippen LogP contribution < -0.4 is 5.32 Å². The van der Waals surface area contributed by atoms with Gasteiger partial charge in [-0.25, -0.2) is 0 Å². The van der Waals surface area contributed by atoms with E-state index in [-0.39, 0.29) is 25.2 Å². The molecule has 6 heteroatoms. The lowest BCUT2D eigenvalue weighted by Gasteiger charge is -2.29. The molecule has 1 aliphatic rings. The summed E-state index contributed by atoms with van der Waals surface area (Å²) < 4.78 is 10.2. The van der Waals surface area contributed by atoms with E-state index in [0.29, 0.717) is 12.8 Å². The number of nitrogens with one attached hydrogen (secondary N) is 1. The summed E-state index contributed by atoms with van der Waals surface area (Å²) in [5, 5.41) is 2.87. The van der Waals surface area contributed by atoms with Gasteiger partial charge in [0, 0.05) is 18.4 Å². The Bertz CT molecular complexity index is 568. The zero-order valence-electron chi connectivity index (χ0n) is 14.0. The number of rotatable bonds is 7. The number of esters is 2. The molecule has 0 radical (unpaired) electrons. The van der Waals surface area contributed by atoms with E-state index in [9.17, 15) is 14.4 Å². The third-order valence-corrected chi connectivity index (χ3v) is 4.09. The molecular formula is C18H23NO5. The second-order valence-electron chi connectivity index (χ2n) is 5.63. The third-order valence-electron chi connectivity index (χ3n) is 4.09. The number of carbonyl (C=O) groups is 3. The average Bonchev–Trinajstić information content (AvgIpc) is 2.99. The Labute approximate surface area is 141 Å². The van der Waals surface area contributed by atoms with Gasteiger partial charge in [-0.2, -0.15) is 0 Å². The molecule has 1 amide bonds. The molecule has 2 rings (SSSR count). The van der Waals surface area contributed by atoms with Crippen LogP contribution in [0.4, 0.5) is 0 Å². The van der Waals surface area contributed by atoms with Crippen molar-refractivity contribution in [2.24, 2.45) is 5.92 Å². The molecule has 2 atom stereocenters. The van der Waals surface area contributed by atoms with Gasteiger partial charge in [0.15, 0.2) is 5.92 Å². The van der Waals surface area contributed by atoms with Gasteiger partial charge in [-0.1, -0.05) is 30.3 Å². The molecule has 0 saturated carbocycles. The fraction of sp³-hybridized carbons (Fsp3) is 0.500. The number of amides is 1. The van der Waals surface area contributed by atoms with Crippen LogP contribution in [0, 0.1) is 5.92 Å². The minimum atomic E-state index is -1.10. The molecule has 24 heavy (non-hydrogen) atoms. The number of ether oxygens (including phenoxy) is 2. The van der Waals surface area contributed by atoms with Crippen LogP contribution in [0.5, 0.6) is 0 Å². The summed E-state index contributed by atoms with van der Waals surface area (Å²) in [6.45, 7) is 3.73. The number of benzene rings is 1. The zero-order valence-corrected chi connectivity index (χ0v) is 14.0. The van der Waals surface area contributed by atoms with Crippen molar-refractivity contribution in [3.8, 4) is 0 Å². The van der Waals surface area contributed by atoms with Crippen molar-refractivity contribution in [1.82, 2.24) is 5.32 Å². The summed E-state index contributed by atoms with van der Waals surface area (Å²) in [7, 11) is 0. The van der Waals surface area contributed by atoms with Gasteiger partial charge in [-0.15, -0.1) is 0 Å². The summed E-state index contributed by atoms with van der Waals surface area (Å²) in [6, 6.07) is 8.93. The van der Waals surface area contributed by atoms with Crippen LogP contribution in [-0.2, 0) is 23.9 Å². The highest BCUT2D eigenvalue weighted by atomic mass is 16.6. The Morgan fingerprint density at radius 2 is 1.71 bits per heavy atom. The Balaban J connectivity index is 2.41. The SMILES string of the molecule is CCOC(=O)C(C(=O)OCC)C(c1ccccc1)C1CCC(=O)N1. The lowest BCUT2D eigenvalue weighted by Crippen LogP contribution is -2.42. The van der Waals surface area contributed by atoms with Crippen molar-refractivity contribution in [1.29, 1.82) is 0 Å². The minimum Gasteiger partial charge on any atom is -0.465 e. The Morgan fingerprint density at radius 1 is 1.12 bits per heavy atom. The van der Waals surface area contributed by atoms with Crippen molar-refractivity contribution in [2.75, 3.05) is 13.2 Å². The van der Waals surface area contributed by atoms with Gasteiger partial charge in [-0.05, 0) is 25.8 Å². The maximum atomic E-state index is 12.5.